The lowest BCUT2D eigenvalue weighted by molar-refractivity contribution is 0.317. The maximum absolute atomic E-state index is 5.85. The molecule has 0 unspecified atom stereocenters. The monoisotopic (exact) mass is 271 g/mol. The minimum atomic E-state index is 0.518. The van der Waals surface area contributed by atoms with Crippen LogP contribution in [0.3, 0.4) is 0 Å². The van der Waals surface area contributed by atoms with Crippen LogP contribution in [-0.2, 0) is 6.42 Å². The molecule has 1 aromatic carbocycles. The smallest absolute Gasteiger partial charge is 0.161 e. The van der Waals surface area contributed by atoms with Crippen molar-refractivity contribution in [2.45, 2.75) is 33.1 Å². The number of anilines is 1. The molecule has 20 heavy (non-hydrogen) atoms. The van der Waals surface area contributed by atoms with Crippen LogP contribution in [0.25, 0.3) is 11.4 Å². The Morgan fingerprint density at radius 3 is 2.45 bits per heavy atom. The maximum atomic E-state index is 5.85. The van der Waals surface area contributed by atoms with Gasteiger partial charge in [0.25, 0.3) is 0 Å². The zero-order chi connectivity index (χ0) is 14.4. The van der Waals surface area contributed by atoms with Gasteiger partial charge in [-0.3, -0.25) is 0 Å². The van der Waals surface area contributed by atoms with Crippen LogP contribution in [0.5, 0.6) is 5.75 Å². The number of aryl methyl sites for hydroxylation is 1. The van der Waals surface area contributed by atoms with Gasteiger partial charge in [-0.25, -0.2) is 9.97 Å². The molecule has 106 valence electrons. The Morgan fingerprint density at radius 1 is 1.05 bits per heavy atom. The first-order chi connectivity index (χ1) is 9.72. The van der Waals surface area contributed by atoms with E-state index in [2.05, 4.69) is 23.8 Å². The van der Waals surface area contributed by atoms with Crippen LogP contribution in [0, 0.1) is 0 Å². The summed E-state index contributed by atoms with van der Waals surface area (Å²) in [5.74, 6) is 2.06. The Balaban J connectivity index is 2.22. The van der Waals surface area contributed by atoms with Crippen molar-refractivity contribution in [3.63, 3.8) is 0 Å². The van der Waals surface area contributed by atoms with E-state index in [9.17, 15) is 0 Å². The SMILES string of the molecule is CCCOc1ccc(-c2nc(N)cc(CCC)n2)cc1. The predicted molar refractivity (Wildman–Crippen MR) is 81.7 cm³/mol. The van der Waals surface area contributed by atoms with E-state index in [0.29, 0.717) is 11.6 Å². The Kier molecular flexibility index (Phi) is 4.93. The summed E-state index contributed by atoms with van der Waals surface area (Å²) in [5.41, 5.74) is 7.79. The summed E-state index contributed by atoms with van der Waals surface area (Å²) in [6, 6.07) is 9.66. The molecule has 4 heteroatoms. The topological polar surface area (TPSA) is 61.0 Å². The van der Waals surface area contributed by atoms with Crippen LogP contribution in [0.15, 0.2) is 30.3 Å². The van der Waals surface area contributed by atoms with Gasteiger partial charge in [0, 0.05) is 17.3 Å². The van der Waals surface area contributed by atoms with Gasteiger partial charge < -0.3 is 10.5 Å². The van der Waals surface area contributed by atoms with Gasteiger partial charge in [0.15, 0.2) is 5.82 Å². The number of hydrogen-bond acceptors (Lipinski definition) is 4. The highest BCUT2D eigenvalue weighted by Crippen LogP contribution is 2.21. The third-order valence-electron chi connectivity index (χ3n) is 2.89. The zero-order valence-corrected chi connectivity index (χ0v) is 12.1. The second kappa shape index (κ2) is 6.89. The Bertz CT molecular complexity index is 552. The molecule has 0 aliphatic heterocycles. The van der Waals surface area contributed by atoms with Gasteiger partial charge in [-0.2, -0.15) is 0 Å². The first kappa shape index (κ1) is 14.3. The second-order valence-electron chi connectivity index (χ2n) is 4.73. The van der Waals surface area contributed by atoms with E-state index >= 15 is 0 Å². The number of hydrogen-bond donors (Lipinski definition) is 1. The average molecular weight is 271 g/mol. The van der Waals surface area contributed by atoms with Crippen LogP contribution in [0.2, 0.25) is 0 Å². The molecule has 2 aromatic rings. The number of rotatable bonds is 6. The highest BCUT2D eigenvalue weighted by atomic mass is 16.5. The van der Waals surface area contributed by atoms with Crippen molar-refractivity contribution in [2.24, 2.45) is 0 Å². The summed E-state index contributed by atoms with van der Waals surface area (Å²) in [6.45, 7) is 4.94. The molecule has 0 amide bonds. The number of nitrogens with zero attached hydrogens (tertiary/aromatic N) is 2. The van der Waals surface area contributed by atoms with Gasteiger partial charge in [0.05, 0.1) is 6.61 Å². The molecule has 0 aliphatic carbocycles. The van der Waals surface area contributed by atoms with E-state index in [1.165, 1.54) is 0 Å². The van der Waals surface area contributed by atoms with Crippen LogP contribution < -0.4 is 10.5 Å². The van der Waals surface area contributed by atoms with E-state index in [-0.39, 0.29) is 0 Å². The fourth-order valence-electron chi connectivity index (χ4n) is 1.95. The summed E-state index contributed by atoms with van der Waals surface area (Å²) < 4.78 is 5.57. The second-order valence-corrected chi connectivity index (χ2v) is 4.73. The number of aromatic nitrogens is 2. The summed E-state index contributed by atoms with van der Waals surface area (Å²) in [4.78, 5) is 8.86. The van der Waals surface area contributed by atoms with E-state index in [1.807, 2.05) is 30.3 Å². The zero-order valence-electron chi connectivity index (χ0n) is 12.1. The van der Waals surface area contributed by atoms with Crippen LogP contribution in [-0.4, -0.2) is 16.6 Å². The number of nitrogens with two attached hydrogens (primary N) is 1. The molecule has 2 rings (SSSR count). The minimum absolute atomic E-state index is 0.518. The van der Waals surface area contributed by atoms with Gasteiger partial charge in [0.2, 0.25) is 0 Å². The fourth-order valence-corrected chi connectivity index (χ4v) is 1.95. The van der Waals surface area contributed by atoms with Gasteiger partial charge in [-0.1, -0.05) is 20.3 Å². The summed E-state index contributed by atoms with van der Waals surface area (Å²) in [7, 11) is 0. The van der Waals surface area contributed by atoms with Crippen molar-refractivity contribution < 1.29 is 4.74 Å². The highest BCUT2D eigenvalue weighted by Gasteiger charge is 2.05. The van der Waals surface area contributed by atoms with E-state index in [1.54, 1.807) is 0 Å². The lowest BCUT2D eigenvalue weighted by Gasteiger charge is -2.07. The molecular weight excluding hydrogens is 250 g/mol. The summed E-state index contributed by atoms with van der Waals surface area (Å²) >= 11 is 0. The third kappa shape index (κ3) is 3.70. The molecule has 1 aromatic heterocycles. The lowest BCUT2D eigenvalue weighted by atomic mass is 10.2. The van der Waals surface area contributed by atoms with Crippen molar-refractivity contribution in [3.05, 3.63) is 36.0 Å². The van der Waals surface area contributed by atoms with Crippen LogP contribution in [0.1, 0.15) is 32.4 Å². The lowest BCUT2D eigenvalue weighted by Crippen LogP contribution is -2.00. The third-order valence-corrected chi connectivity index (χ3v) is 2.89. The van der Waals surface area contributed by atoms with Gasteiger partial charge in [-0.05, 0) is 37.1 Å². The number of nitrogen functional groups attached to an aromatic ring is 1. The first-order valence-corrected chi connectivity index (χ1v) is 7.09. The molecule has 0 atom stereocenters. The summed E-state index contributed by atoms with van der Waals surface area (Å²) in [5, 5.41) is 0. The molecular formula is C16H21N3O. The van der Waals surface area contributed by atoms with Gasteiger partial charge in [0.1, 0.15) is 11.6 Å². The van der Waals surface area contributed by atoms with Crippen molar-refractivity contribution in [1.82, 2.24) is 9.97 Å². The van der Waals surface area contributed by atoms with Gasteiger partial charge >= 0.3 is 0 Å². The quantitative estimate of drug-likeness (QED) is 0.874. The molecule has 1 heterocycles. The molecule has 0 radical (unpaired) electrons. The molecule has 4 nitrogen and oxygen atoms in total. The van der Waals surface area contributed by atoms with E-state index < -0.39 is 0 Å². The van der Waals surface area contributed by atoms with Crippen LogP contribution in [0.4, 0.5) is 5.82 Å². The Morgan fingerprint density at radius 2 is 1.80 bits per heavy atom. The first-order valence-electron chi connectivity index (χ1n) is 7.09. The van der Waals surface area contributed by atoms with Crippen molar-refractivity contribution in [3.8, 4) is 17.1 Å². The molecule has 0 fully saturated rings. The minimum Gasteiger partial charge on any atom is -0.494 e. The standard InChI is InChI=1S/C16H21N3O/c1-3-5-13-11-15(17)19-16(18-13)12-6-8-14(9-7-12)20-10-4-2/h6-9,11H,3-5,10H2,1-2H3,(H2,17,18,19). The van der Waals surface area contributed by atoms with E-state index in [0.717, 1.165) is 42.9 Å². The predicted octanol–water partition coefficient (Wildman–Crippen LogP) is 3.47. The van der Waals surface area contributed by atoms with Crippen molar-refractivity contribution >= 4 is 5.82 Å². The molecule has 0 saturated heterocycles. The molecule has 0 aliphatic rings. The fraction of sp³-hybridized carbons (Fsp3) is 0.375. The Labute approximate surface area is 120 Å². The Hall–Kier alpha value is -2.10. The van der Waals surface area contributed by atoms with Crippen LogP contribution >= 0.6 is 0 Å². The molecule has 0 bridgehead atoms. The highest BCUT2D eigenvalue weighted by molar-refractivity contribution is 5.58. The number of ether oxygens (including phenoxy) is 1. The number of benzene rings is 1. The summed E-state index contributed by atoms with van der Waals surface area (Å²) in [6.07, 6.45) is 2.96. The van der Waals surface area contributed by atoms with Crippen molar-refractivity contribution in [2.75, 3.05) is 12.3 Å². The molecule has 0 saturated carbocycles. The van der Waals surface area contributed by atoms with E-state index in [4.69, 9.17) is 10.5 Å². The van der Waals surface area contributed by atoms with Crippen molar-refractivity contribution in [1.29, 1.82) is 0 Å². The largest absolute Gasteiger partial charge is 0.494 e. The van der Waals surface area contributed by atoms with Gasteiger partial charge in [-0.15, -0.1) is 0 Å². The normalized spacial score (nSPS) is 10.5. The average Bonchev–Trinajstić information content (AvgIpc) is 2.45. The molecule has 2 N–H and O–H groups in total. The maximum Gasteiger partial charge on any atom is 0.161 e. The molecule has 0 spiro atoms.